The van der Waals surface area contributed by atoms with E-state index in [1.54, 1.807) is 7.11 Å². The van der Waals surface area contributed by atoms with Crippen molar-refractivity contribution in [3.8, 4) is 6.07 Å². The Morgan fingerprint density at radius 3 is 2.88 bits per heavy atom. The zero-order valence-corrected chi connectivity index (χ0v) is 10.0. The number of nitriles is 1. The molecule has 1 unspecified atom stereocenters. The van der Waals surface area contributed by atoms with Gasteiger partial charge in [0.1, 0.15) is 6.04 Å². The van der Waals surface area contributed by atoms with Crippen LogP contribution in [0.25, 0.3) is 0 Å². The molecule has 0 aliphatic rings. The van der Waals surface area contributed by atoms with Crippen molar-refractivity contribution in [2.45, 2.75) is 19.1 Å². The molecule has 0 bridgehead atoms. The van der Waals surface area contributed by atoms with Gasteiger partial charge in [-0.3, -0.25) is 5.32 Å². The number of nitrogens with one attached hydrogen (secondary N) is 1. The Hall–Kier alpha value is -1.41. The zero-order chi connectivity index (χ0) is 12.5. The molecular formula is C13H18N2O2. The zero-order valence-electron chi connectivity index (χ0n) is 10.0. The van der Waals surface area contributed by atoms with E-state index in [0.717, 1.165) is 11.1 Å². The van der Waals surface area contributed by atoms with E-state index in [1.165, 1.54) is 0 Å². The summed E-state index contributed by atoms with van der Waals surface area (Å²) in [6.45, 7) is 1.25. The molecule has 0 radical (unpaired) electrons. The second-order valence-corrected chi connectivity index (χ2v) is 3.73. The molecule has 0 aliphatic heterocycles. The minimum absolute atomic E-state index is 0.130. The van der Waals surface area contributed by atoms with Gasteiger partial charge in [-0.2, -0.15) is 5.26 Å². The Morgan fingerprint density at radius 2 is 2.24 bits per heavy atom. The van der Waals surface area contributed by atoms with E-state index < -0.39 is 0 Å². The topological polar surface area (TPSA) is 65.3 Å². The average molecular weight is 234 g/mol. The van der Waals surface area contributed by atoms with E-state index in [9.17, 15) is 0 Å². The van der Waals surface area contributed by atoms with E-state index >= 15 is 0 Å². The molecule has 0 aromatic heterocycles. The van der Waals surface area contributed by atoms with Crippen molar-refractivity contribution in [1.29, 1.82) is 5.26 Å². The van der Waals surface area contributed by atoms with E-state index in [0.29, 0.717) is 19.6 Å². The molecule has 4 nitrogen and oxygen atoms in total. The summed E-state index contributed by atoms with van der Waals surface area (Å²) in [7, 11) is 1.64. The van der Waals surface area contributed by atoms with E-state index in [1.807, 2.05) is 24.3 Å². The molecule has 17 heavy (non-hydrogen) atoms. The number of ether oxygens (including phenoxy) is 1. The van der Waals surface area contributed by atoms with Gasteiger partial charge < -0.3 is 9.84 Å². The van der Waals surface area contributed by atoms with Gasteiger partial charge in [-0.05, 0) is 24.1 Å². The van der Waals surface area contributed by atoms with Gasteiger partial charge in [0.15, 0.2) is 0 Å². The smallest absolute Gasteiger partial charge is 0.121 e. The van der Waals surface area contributed by atoms with Crippen LogP contribution in [-0.4, -0.2) is 25.4 Å². The monoisotopic (exact) mass is 234 g/mol. The molecule has 0 spiro atoms. The van der Waals surface area contributed by atoms with Crippen molar-refractivity contribution in [1.82, 2.24) is 5.32 Å². The van der Waals surface area contributed by atoms with Crippen LogP contribution < -0.4 is 5.32 Å². The lowest BCUT2D eigenvalue weighted by Crippen LogP contribution is -2.23. The summed E-state index contributed by atoms with van der Waals surface area (Å²) in [6, 6.07) is 9.59. The lowest BCUT2D eigenvalue weighted by atomic mass is 10.0. The van der Waals surface area contributed by atoms with Crippen molar-refractivity contribution in [3.05, 3.63) is 35.4 Å². The van der Waals surface area contributed by atoms with Gasteiger partial charge in [0.25, 0.3) is 0 Å². The number of hydrogen-bond acceptors (Lipinski definition) is 4. The number of methoxy groups -OCH3 is 1. The van der Waals surface area contributed by atoms with Crippen molar-refractivity contribution in [2.24, 2.45) is 0 Å². The highest BCUT2D eigenvalue weighted by Crippen LogP contribution is 2.18. The summed E-state index contributed by atoms with van der Waals surface area (Å²) < 4.78 is 5.11. The third kappa shape index (κ3) is 4.16. The number of nitrogens with zero attached hydrogens (tertiary/aromatic N) is 1. The van der Waals surface area contributed by atoms with Crippen LogP contribution in [0.3, 0.4) is 0 Å². The Balaban J connectivity index is 2.76. The van der Waals surface area contributed by atoms with Gasteiger partial charge in [-0.15, -0.1) is 0 Å². The Morgan fingerprint density at radius 1 is 1.47 bits per heavy atom. The highest BCUT2D eigenvalue weighted by molar-refractivity contribution is 5.32. The predicted molar refractivity (Wildman–Crippen MR) is 65.2 cm³/mol. The Bertz CT molecular complexity index is 374. The summed E-state index contributed by atoms with van der Waals surface area (Å²) in [4.78, 5) is 0. The number of aliphatic hydroxyl groups excluding tert-OH is 1. The van der Waals surface area contributed by atoms with Crippen LogP contribution in [0.2, 0.25) is 0 Å². The van der Waals surface area contributed by atoms with Crippen molar-refractivity contribution in [3.63, 3.8) is 0 Å². The maximum Gasteiger partial charge on any atom is 0.121 e. The standard InChI is InChI=1S/C13H18N2O2/c1-17-10-11-5-2-3-6-12(11)13(9-14)15-7-4-8-16/h2-3,5-6,13,15-16H,4,7-8,10H2,1H3. The minimum atomic E-state index is -0.354. The van der Waals surface area contributed by atoms with Crippen LogP contribution in [0.1, 0.15) is 23.6 Å². The first kappa shape index (κ1) is 13.7. The molecule has 1 aromatic carbocycles. The minimum Gasteiger partial charge on any atom is -0.396 e. The van der Waals surface area contributed by atoms with Gasteiger partial charge >= 0.3 is 0 Å². The fourth-order valence-corrected chi connectivity index (χ4v) is 1.65. The molecule has 1 atom stereocenters. The molecule has 4 heteroatoms. The number of rotatable bonds is 7. The summed E-state index contributed by atoms with van der Waals surface area (Å²) in [6.07, 6.45) is 0.643. The number of benzene rings is 1. The number of aliphatic hydroxyl groups is 1. The molecule has 2 N–H and O–H groups in total. The quantitative estimate of drug-likeness (QED) is 0.699. The summed E-state index contributed by atoms with van der Waals surface area (Å²) in [5.74, 6) is 0. The second-order valence-electron chi connectivity index (χ2n) is 3.73. The van der Waals surface area contributed by atoms with Crippen molar-refractivity contribution < 1.29 is 9.84 Å². The molecule has 0 saturated carbocycles. The normalized spacial score (nSPS) is 12.1. The molecule has 0 aliphatic carbocycles. The van der Waals surface area contributed by atoms with Crippen LogP contribution in [0.4, 0.5) is 0 Å². The summed E-state index contributed by atoms with van der Waals surface area (Å²) in [5.41, 5.74) is 1.95. The lowest BCUT2D eigenvalue weighted by Gasteiger charge is -2.15. The maximum atomic E-state index is 9.16. The van der Waals surface area contributed by atoms with Crippen molar-refractivity contribution in [2.75, 3.05) is 20.3 Å². The van der Waals surface area contributed by atoms with Crippen LogP contribution in [-0.2, 0) is 11.3 Å². The largest absolute Gasteiger partial charge is 0.396 e. The van der Waals surface area contributed by atoms with Crippen LogP contribution in [0.15, 0.2) is 24.3 Å². The first-order chi connectivity index (χ1) is 8.33. The maximum absolute atomic E-state index is 9.16. The highest BCUT2D eigenvalue weighted by Gasteiger charge is 2.13. The van der Waals surface area contributed by atoms with Gasteiger partial charge in [0.2, 0.25) is 0 Å². The number of hydrogen-bond donors (Lipinski definition) is 2. The Labute approximate surface area is 102 Å². The fourth-order valence-electron chi connectivity index (χ4n) is 1.65. The van der Waals surface area contributed by atoms with Gasteiger partial charge in [0, 0.05) is 13.7 Å². The average Bonchev–Trinajstić information content (AvgIpc) is 2.36. The summed E-state index contributed by atoms with van der Waals surface area (Å²) in [5, 5.41) is 21.0. The first-order valence-corrected chi connectivity index (χ1v) is 5.64. The molecule has 0 amide bonds. The first-order valence-electron chi connectivity index (χ1n) is 5.64. The third-order valence-electron chi connectivity index (χ3n) is 2.48. The van der Waals surface area contributed by atoms with Gasteiger partial charge in [0.05, 0.1) is 12.7 Å². The van der Waals surface area contributed by atoms with Gasteiger partial charge in [-0.25, -0.2) is 0 Å². The van der Waals surface area contributed by atoms with E-state index in [4.69, 9.17) is 15.1 Å². The molecule has 1 rings (SSSR count). The predicted octanol–water partition coefficient (Wildman–Crippen LogP) is 1.37. The lowest BCUT2D eigenvalue weighted by molar-refractivity contribution is 0.183. The van der Waals surface area contributed by atoms with Gasteiger partial charge in [-0.1, -0.05) is 24.3 Å². The van der Waals surface area contributed by atoms with Crippen molar-refractivity contribution >= 4 is 0 Å². The molecule has 0 fully saturated rings. The SMILES string of the molecule is COCc1ccccc1C(C#N)NCCCO. The Kier molecular flexibility index (Phi) is 6.26. The van der Waals surface area contributed by atoms with Crippen LogP contribution in [0, 0.1) is 11.3 Å². The molecule has 0 heterocycles. The van der Waals surface area contributed by atoms with E-state index in [2.05, 4.69) is 11.4 Å². The molecular weight excluding hydrogens is 216 g/mol. The highest BCUT2D eigenvalue weighted by atomic mass is 16.5. The fraction of sp³-hybridized carbons (Fsp3) is 0.462. The third-order valence-corrected chi connectivity index (χ3v) is 2.48. The van der Waals surface area contributed by atoms with Crippen LogP contribution >= 0.6 is 0 Å². The van der Waals surface area contributed by atoms with E-state index in [-0.39, 0.29) is 12.6 Å². The van der Waals surface area contributed by atoms with Crippen LogP contribution in [0.5, 0.6) is 0 Å². The second kappa shape index (κ2) is 7.80. The summed E-state index contributed by atoms with van der Waals surface area (Å²) >= 11 is 0. The molecule has 1 aromatic rings. The molecule has 92 valence electrons. The molecule has 0 saturated heterocycles.